The number of anilines is 1. The normalized spacial score (nSPS) is 11.6. The fourth-order valence-electron chi connectivity index (χ4n) is 2.58. The highest BCUT2D eigenvalue weighted by atomic mass is 32.2. The van der Waals surface area contributed by atoms with Gasteiger partial charge in [-0.05, 0) is 24.4 Å². The molecule has 0 unspecified atom stereocenters. The van der Waals surface area contributed by atoms with Crippen LogP contribution in [0.2, 0.25) is 0 Å². The lowest BCUT2D eigenvalue weighted by Gasteiger charge is -2.13. The van der Waals surface area contributed by atoms with Gasteiger partial charge < -0.3 is 5.11 Å². The number of aliphatic hydroxyl groups is 1. The predicted molar refractivity (Wildman–Crippen MR) is 91.9 cm³/mol. The zero-order chi connectivity index (χ0) is 16.4. The number of aryl methyl sites for hydroxylation is 1. The molecule has 0 aromatic heterocycles. The topological polar surface area (TPSA) is 66.4 Å². The average molecular weight is 327 g/mol. The Morgan fingerprint density at radius 1 is 1.00 bits per heavy atom. The molecular formula is C18H17NO3S. The second-order valence-corrected chi connectivity index (χ2v) is 7.05. The molecule has 0 bridgehead atoms. The fraction of sp³-hybridized carbons (Fsp3) is 0.111. The minimum Gasteiger partial charge on any atom is -0.392 e. The molecule has 0 radical (unpaired) electrons. The van der Waals surface area contributed by atoms with Gasteiger partial charge in [0.1, 0.15) is 0 Å². The largest absolute Gasteiger partial charge is 0.392 e. The van der Waals surface area contributed by atoms with E-state index in [1.165, 1.54) is 0 Å². The van der Waals surface area contributed by atoms with E-state index < -0.39 is 10.0 Å². The van der Waals surface area contributed by atoms with Crippen molar-refractivity contribution in [1.29, 1.82) is 0 Å². The highest BCUT2D eigenvalue weighted by Gasteiger charge is 2.18. The fourth-order valence-corrected chi connectivity index (χ4v) is 3.91. The second-order valence-electron chi connectivity index (χ2n) is 5.40. The number of aliphatic hydroxyl groups excluding tert-OH is 1. The molecule has 0 aliphatic carbocycles. The minimum absolute atomic E-state index is 0.222. The maximum absolute atomic E-state index is 12.8. The zero-order valence-corrected chi connectivity index (χ0v) is 13.5. The quantitative estimate of drug-likeness (QED) is 0.771. The van der Waals surface area contributed by atoms with E-state index in [1.54, 1.807) is 36.4 Å². The number of hydrogen-bond acceptors (Lipinski definition) is 3. The van der Waals surface area contributed by atoms with Gasteiger partial charge in [-0.25, -0.2) is 8.42 Å². The maximum Gasteiger partial charge on any atom is 0.262 e. The number of hydrogen-bond donors (Lipinski definition) is 2. The Hall–Kier alpha value is -2.37. The van der Waals surface area contributed by atoms with Crippen molar-refractivity contribution >= 4 is 26.5 Å². The first kappa shape index (κ1) is 15.5. The molecule has 0 aliphatic rings. The van der Waals surface area contributed by atoms with Gasteiger partial charge in [0.05, 0.1) is 17.2 Å². The molecule has 23 heavy (non-hydrogen) atoms. The molecule has 0 amide bonds. The van der Waals surface area contributed by atoms with Crippen LogP contribution in [0.3, 0.4) is 0 Å². The number of benzene rings is 3. The number of sulfonamides is 1. The Labute approximate surface area is 135 Å². The molecule has 4 nitrogen and oxygen atoms in total. The summed E-state index contributed by atoms with van der Waals surface area (Å²) in [6.07, 6.45) is 0. The molecule has 0 heterocycles. The molecule has 118 valence electrons. The standard InChI is InChI=1S/C18H17NO3S/c1-13-9-10-17(15(11-13)12-20)19-23(21,22)18-8-4-6-14-5-2-3-7-16(14)18/h2-11,19-20H,12H2,1H3. The molecule has 2 N–H and O–H groups in total. The Bertz CT molecular complexity index is 960. The van der Waals surface area contributed by atoms with E-state index in [0.29, 0.717) is 16.6 Å². The van der Waals surface area contributed by atoms with Crippen LogP contribution in [-0.4, -0.2) is 13.5 Å². The van der Waals surface area contributed by atoms with Crippen molar-refractivity contribution in [2.75, 3.05) is 4.72 Å². The molecule has 0 saturated carbocycles. The van der Waals surface area contributed by atoms with Gasteiger partial charge in [0.25, 0.3) is 10.0 Å². The van der Waals surface area contributed by atoms with Gasteiger partial charge in [0, 0.05) is 10.9 Å². The van der Waals surface area contributed by atoms with Crippen LogP contribution in [0.15, 0.2) is 65.6 Å². The lowest BCUT2D eigenvalue weighted by Crippen LogP contribution is -2.14. The summed E-state index contributed by atoms with van der Waals surface area (Å²) in [4.78, 5) is 0.222. The summed E-state index contributed by atoms with van der Waals surface area (Å²) >= 11 is 0. The summed E-state index contributed by atoms with van der Waals surface area (Å²) in [5.74, 6) is 0. The van der Waals surface area contributed by atoms with Crippen molar-refractivity contribution in [1.82, 2.24) is 0 Å². The maximum atomic E-state index is 12.8. The first-order valence-corrected chi connectivity index (χ1v) is 8.70. The molecule has 5 heteroatoms. The lowest BCUT2D eigenvalue weighted by molar-refractivity contribution is 0.282. The third-order valence-corrected chi connectivity index (χ3v) is 5.14. The van der Waals surface area contributed by atoms with E-state index >= 15 is 0 Å². The molecule has 0 saturated heterocycles. The highest BCUT2D eigenvalue weighted by molar-refractivity contribution is 7.93. The van der Waals surface area contributed by atoms with E-state index in [9.17, 15) is 13.5 Å². The summed E-state index contributed by atoms with van der Waals surface area (Å²) in [7, 11) is -3.75. The first-order chi connectivity index (χ1) is 11.0. The summed E-state index contributed by atoms with van der Waals surface area (Å²) in [5.41, 5.74) is 1.90. The van der Waals surface area contributed by atoms with Gasteiger partial charge in [-0.2, -0.15) is 0 Å². The van der Waals surface area contributed by atoms with Crippen molar-refractivity contribution in [3.8, 4) is 0 Å². The Balaban J connectivity index is 2.08. The van der Waals surface area contributed by atoms with Crippen LogP contribution >= 0.6 is 0 Å². The molecule has 0 spiro atoms. The van der Waals surface area contributed by atoms with E-state index in [4.69, 9.17) is 0 Å². The van der Waals surface area contributed by atoms with Crippen molar-refractivity contribution in [2.45, 2.75) is 18.4 Å². The van der Waals surface area contributed by atoms with Crippen LogP contribution in [-0.2, 0) is 16.6 Å². The first-order valence-electron chi connectivity index (χ1n) is 7.22. The van der Waals surface area contributed by atoms with Crippen LogP contribution in [0.4, 0.5) is 5.69 Å². The molecule has 0 aliphatic heterocycles. The van der Waals surface area contributed by atoms with E-state index in [0.717, 1.165) is 10.9 Å². The third-order valence-electron chi connectivity index (χ3n) is 3.71. The molecule has 3 rings (SSSR count). The second kappa shape index (κ2) is 6.02. The van der Waals surface area contributed by atoms with Crippen molar-refractivity contribution in [2.24, 2.45) is 0 Å². The van der Waals surface area contributed by atoms with Gasteiger partial charge in [0.2, 0.25) is 0 Å². The van der Waals surface area contributed by atoms with Crippen molar-refractivity contribution in [3.63, 3.8) is 0 Å². The van der Waals surface area contributed by atoms with Crippen LogP contribution in [0.25, 0.3) is 10.8 Å². The number of nitrogens with one attached hydrogen (secondary N) is 1. The summed E-state index contributed by atoms with van der Waals surface area (Å²) in [6.45, 7) is 1.66. The van der Waals surface area contributed by atoms with E-state index in [1.807, 2.05) is 31.2 Å². The van der Waals surface area contributed by atoms with Crippen LogP contribution in [0, 0.1) is 6.92 Å². The lowest BCUT2D eigenvalue weighted by atomic mass is 10.1. The van der Waals surface area contributed by atoms with Crippen LogP contribution in [0.5, 0.6) is 0 Å². The van der Waals surface area contributed by atoms with Gasteiger partial charge in [-0.1, -0.05) is 54.1 Å². The number of rotatable bonds is 4. The molecule has 0 fully saturated rings. The van der Waals surface area contributed by atoms with Gasteiger partial charge >= 0.3 is 0 Å². The van der Waals surface area contributed by atoms with Gasteiger partial charge in [0.15, 0.2) is 0 Å². The van der Waals surface area contributed by atoms with Crippen LogP contribution < -0.4 is 4.72 Å². The summed E-state index contributed by atoms with van der Waals surface area (Å²) < 4.78 is 28.1. The van der Waals surface area contributed by atoms with Crippen molar-refractivity contribution in [3.05, 3.63) is 71.8 Å². The Morgan fingerprint density at radius 2 is 1.74 bits per heavy atom. The summed E-state index contributed by atoms with van der Waals surface area (Å²) in [6, 6.07) is 17.8. The SMILES string of the molecule is Cc1ccc(NS(=O)(=O)c2cccc3ccccc23)c(CO)c1. The molecule has 3 aromatic carbocycles. The predicted octanol–water partition coefficient (Wildman–Crippen LogP) is 3.44. The number of fused-ring (bicyclic) bond motifs is 1. The molecular weight excluding hydrogens is 310 g/mol. The molecule has 0 atom stereocenters. The summed E-state index contributed by atoms with van der Waals surface area (Å²) in [5, 5.41) is 11.0. The monoisotopic (exact) mass is 327 g/mol. The van der Waals surface area contributed by atoms with Gasteiger partial charge in [-0.3, -0.25) is 4.72 Å². The zero-order valence-electron chi connectivity index (χ0n) is 12.7. The third kappa shape index (κ3) is 3.06. The Kier molecular flexibility index (Phi) is 4.07. The molecule has 3 aromatic rings. The Morgan fingerprint density at radius 3 is 2.52 bits per heavy atom. The highest BCUT2D eigenvalue weighted by Crippen LogP contribution is 2.26. The minimum atomic E-state index is -3.75. The smallest absolute Gasteiger partial charge is 0.262 e. The average Bonchev–Trinajstić information content (AvgIpc) is 2.55. The van der Waals surface area contributed by atoms with Gasteiger partial charge in [-0.15, -0.1) is 0 Å². The van der Waals surface area contributed by atoms with E-state index in [-0.39, 0.29) is 11.5 Å². The van der Waals surface area contributed by atoms with Crippen LogP contribution in [0.1, 0.15) is 11.1 Å². The van der Waals surface area contributed by atoms with E-state index in [2.05, 4.69) is 4.72 Å². The van der Waals surface area contributed by atoms with Crippen molar-refractivity contribution < 1.29 is 13.5 Å².